The van der Waals surface area contributed by atoms with E-state index in [0.29, 0.717) is 16.4 Å². The molecule has 0 aromatic heterocycles. The highest BCUT2D eigenvalue weighted by Crippen LogP contribution is 2.33. The molecule has 1 rings (SSSR count). The number of ether oxygens (including phenoxy) is 2. The third kappa shape index (κ3) is 3.04. The van der Waals surface area contributed by atoms with Gasteiger partial charge in [0, 0.05) is 6.07 Å². The van der Waals surface area contributed by atoms with Gasteiger partial charge in [-0.2, -0.15) is 0 Å². The van der Waals surface area contributed by atoms with Crippen LogP contribution in [0.5, 0.6) is 11.5 Å². The van der Waals surface area contributed by atoms with Crippen LogP contribution in [0.3, 0.4) is 0 Å². The number of carbonyl (C=O) groups is 1. The van der Waals surface area contributed by atoms with Crippen LogP contribution in [0.15, 0.2) is 23.1 Å². The van der Waals surface area contributed by atoms with Gasteiger partial charge in [-0.25, -0.2) is 4.79 Å². The van der Waals surface area contributed by atoms with E-state index in [2.05, 4.69) is 0 Å². The van der Waals surface area contributed by atoms with Crippen molar-refractivity contribution < 1.29 is 19.4 Å². The van der Waals surface area contributed by atoms with Gasteiger partial charge in [0.15, 0.2) is 5.37 Å². The van der Waals surface area contributed by atoms with Crippen molar-refractivity contribution in [1.29, 1.82) is 0 Å². The van der Waals surface area contributed by atoms with Crippen LogP contribution in [0, 0.1) is 0 Å². The standard InChI is InChI=1S/C10H13NO4S/c1-14-6-3-4-8(7(5-6)15-2)16-9(11)10(12)13/h3-5,9H,11H2,1-2H3,(H,12,13). The molecule has 0 saturated heterocycles. The molecule has 1 unspecified atom stereocenters. The molecule has 0 amide bonds. The smallest absolute Gasteiger partial charge is 0.331 e. The van der Waals surface area contributed by atoms with Crippen molar-refractivity contribution in [1.82, 2.24) is 0 Å². The Bertz CT molecular complexity index is 383. The molecule has 0 fully saturated rings. The molecule has 0 aliphatic rings. The van der Waals surface area contributed by atoms with Gasteiger partial charge in [-0.15, -0.1) is 0 Å². The minimum Gasteiger partial charge on any atom is -0.497 e. The summed E-state index contributed by atoms with van der Waals surface area (Å²) >= 11 is 1.02. The highest BCUT2D eigenvalue weighted by Gasteiger charge is 2.16. The number of thioether (sulfide) groups is 1. The van der Waals surface area contributed by atoms with Crippen molar-refractivity contribution in [3.63, 3.8) is 0 Å². The number of nitrogens with two attached hydrogens (primary N) is 1. The number of hydrogen-bond donors (Lipinski definition) is 2. The van der Waals surface area contributed by atoms with E-state index in [-0.39, 0.29) is 0 Å². The normalized spacial score (nSPS) is 11.9. The first-order valence-electron chi connectivity index (χ1n) is 4.45. The number of aliphatic carboxylic acids is 1. The number of carboxylic acids is 1. The van der Waals surface area contributed by atoms with Crippen LogP contribution in [0.4, 0.5) is 0 Å². The third-order valence-electron chi connectivity index (χ3n) is 1.87. The molecule has 0 radical (unpaired) electrons. The van der Waals surface area contributed by atoms with E-state index < -0.39 is 11.3 Å². The molecule has 0 bridgehead atoms. The zero-order valence-electron chi connectivity index (χ0n) is 8.97. The van der Waals surface area contributed by atoms with Gasteiger partial charge in [-0.3, -0.25) is 0 Å². The van der Waals surface area contributed by atoms with Crippen LogP contribution in [-0.2, 0) is 4.79 Å². The monoisotopic (exact) mass is 243 g/mol. The van der Waals surface area contributed by atoms with Gasteiger partial charge in [0.05, 0.1) is 19.1 Å². The third-order valence-corrected chi connectivity index (χ3v) is 2.91. The van der Waals surface area contributed by atoms with Crippen LogP contribution in [0.1, 0.15) is 0 Å². The average Bonchev–Trinajstić information content (AvgIpc) is 2.29. The van der Waals surface area contributed by atoms with Crippen molar-refractivity contribution in [3.8, 4) is 11.5 Å². The first-order valence-corrected chi connectivity index (χ1v) is 5.33. The molecule has 0 saturated carbocycles. The van der Waals surface area contributed by atoms with Gasteiger partial charge in [-0.05, 0) is 12.1 Å². The molecule has 1 aromatic carbocycles. The van der Waals surface area contributed by atoms with E-state index in [9.17, 15) is 4.79 Å². The summed E-state index contributed by atoms with van der Waals surface area (Å²) in [6.45, 7) is 0. The van der Waals surface area contributed by atoms with Gasteiger partial charge in [-0.1, -0.05) is 11.8 Å². The van der Waals surface area contributed by atoms with Gasteiger partial charge in [0.2, 0.25) is 0 Å². The van der Waals surface area contributed by atoms with Gasteiger partial charge in [0.25, 0.3) is 0 Å². The zero-order valence-corrected chi connectivity index (χ0v) is 9.78. The van der Waals surface area contributed by atoms with Gasteiger partial charge < -0.3 is 20.3 Å². The van der Waals surface area contributed by atoms with Crippen molar-refractivity contribution in [2.75, 3.05) is 14.2 Å². The molecule has 0 spiro atoms. The maximum Gasteiger partial charge on any atom is 0.331 e. The maximum absolute atomic E-state index is 10.6. The summed E-state index contributed by atoms with van der Waals surface area (Å²) in [5, 5.41) is 7.68. The molecular weight excluding hydrogens is 230 g/mol. The lowest BCUT2D eigenvalue weighted by molar-refractivity contribution is -0.136. The molecule has 1 atom stereocenters. The molecule has 16 heavy (non-hydrogen) atoms. The highest BCUT2D eigenvalue weighted by molar-refractivity contribution is 8.00. The lowest BCUT2D eigenvalue weighted by Gasteiger charge is -2.11. The fraction of sp³-hybridized carbons (Fsp3) is 0.300. The van der Waals surface area contributed by atoms with Gasteiger partial charge >= 0.3 is 5.97 Å². The van der Waals surface area contributed by atoms with E-state index in [4.69, 9.17) is 20.3 Å². The summed E-state index contributed by atoms with van der Waals surface area (Å²) in [4.78, 5) is 11.3. The zero-order chi connectivity index (χ0) is 12.1. The van der Waals surface area contributed by atoms with Gasteiger partial charge in [0.1, 0.15) is 11.5 Å². The molecule has 0 aliphatic carbocycles. The Morgan fingerprint density at radius 3 is 2.62 bits per heavy atom. The molecule has 5 nitrogen and oxygen atoms in total. The van der Waals surface area contributed by atoms with Crippen molar-refractivity contribution in [3.05, 3.63) is 18.2 Å². The van der Waals surface area contributed by atoms with E-state index >= 15 is 0 Å². The molecule has 0 aliphatic heterocycles. The van der Waals surface area contributed by atoms with E-state index in [1.54, 1.807) is 25.3 Å². The summed E-state index contributed by atoms with van der Waals surface area (Å²) in [5.74, 6) is 0.119. The lowest BCUT2D eigenvalue weighted by Crippen LogP contribution is -2.25. The second-order valence-corrected chi connectivity index (χ2v) is 4.08. The Labute approximate surface area is 97.5 Å². The number of rotatable bonds is 5. The number of benzene rings is 1. The molecule has 88 valence electrons. The van der Waals surface area contributed by atoms with Crippen LogP contribution in [-0.4, -0.2) is 30.7 Å². The van der Waals surface area contributed by atoms with Crippen LogP contribution in [0.2, 0.25) is 0 Å². The first kappa shape index (κ1) is 12.7. The van der Waals surface area contributed by atoms with Crippen molar-refractivity contribution in [2.45, 2.75) is 10.3 Å². The molecule has 1 aromatic rings. The molecule has 3 N–H and O–H groups in total. The molecule has 6 heteroatoms. The van der Waals surface area contributed by atoms with E-state index in [1.807, 2.05) is 0 Å². The predicted molar refractivity (Wildman–Crippen MR) is 61.0 cm³/mol. The summed E-state index contributed by atoms with van der Waals surface area (Å²) in [6, 6.07) is 5.11. The second-order valence-electron chi connectivity index (χ2n) is 2.89. The molecular formula is C10H13NO4S. The highest BCUT2D eigenvalue weighted by atomic mass is 32.2. The van der Waals surface area contributed by atoms with Crippen molar-refractivity contribution in [2.24, 2.45) is 5.73 Å². The SMILES string of the molecule is COc1ccc(SC(N)C(=O)O)c(OC)c1. The Morgan fingerprint density at radius 2 is 2.12 bits per heavy atom. The first-order chi connectivity index (χ1) is 7.58. The Balaban J connectivity index is 2.91. The predicted octanol–water partition coefficient (Wildman–Crippen LogP) is 1.17. The summed E-state index contributed by atoms with van der Waals surface area (Å²) in [5.41, 5.74) is 5.42. The minimum atomic E-state index is -1.07. The fourth-order valence-electron chi connectivity index (χ4n) is 1.06. The number of methoxy groups -OCH3 is 2. The minimum absolute atomic E-state index is 0.543. The van der Waals surface area contributed by atoms with E-state index in [1.165, 1.54) is 7.11 Å². The largest absolute Gasteiger partial charge is 0.497 e. The second kappa shape index (κ2) is 5.62. The average molecular weight is 243 g/mol. The fourth-order valence-corrected chi connectivity index (χ4v) is 1.84. The number of hydrogen-bond acceptors (Lipinski definition) is 5. The summed E-state index contributed by atoms with van der Waals surface area (Å²) < 4.78 is 10.1. The van der Waals surface area contributed by atoms with Crippen LogP contribution >= 0.6 is 11.8 Å². The Kier molecular flexibility index (Phi) is 4.45. The van der Waals surface area contributed by atoms with Crippen LogP contribution < -0.4 is 15.2 Å². The lowest BCUT2D eigenvalue weighted by atomic mass is 10.3. The summed E-state index contributed by atoms with van der Waals surface area (Å²) in [6.07, 6.45) is 0. The molecule has 0 heterocycles. The maximum atomic E-state index is 10.6. The Morgan fingerprint density at radius 1 is 1.44 bits per heavy atom. The van der Waals surface area contributed by atoms with E-state index in [0.717, 1.165) is 11.8 Å². The van der Waals surface area contributed by atoms with Crippen molar-refractivity contribution >= 4 is 17.7 Å². The quantitative estimate of drug-likeness (QED) is 0.596. The summed E-state index contributed by atoms with van der Waals surface area (Å²) in [7, 11) is 3.05. The van der Waals surface area contributed by atoms with Crippen LogP contribution in [0.25, 0.3) is 0 Å². The number of carboxylic acid groups (broad SMARTS) is 1. The topological polar surface area (TPSA) is 81.8 Å². The Hall–Kier alpha value is -1.40.